The minimum absolute atomic E-state index is 0.520. The SMILES string of the molecule is Cc1nc(CC2(O)CC(C)CC(C)C2)sc1C. The molecule has 0 aliphatic heterocycles. The molecule has 1 aromatic rings. The number of thiazole rings is 1. The molecule has 2 atom stereocenters. The van der Waals surface area contributed by atoms with E-state index < -0.39 is 5.60 Å². The molecule has 1 aliphatic rings. The van der Waals surface area contributed by atoms with Gasteiger partial charge < -0.3 is 5.11 Å². The maximum Gasteiger partial charge on any atom is 0.0959 e. The summed E-state index contributed by atoms with van der Waals surface area (Å²) in [5, 5.41) is 11.8. The Balaban J connectivity index is 2.11. The summed E-state index contributed by atoms with van der Waals surface area (Å²) in [5.74, 6) is 1.26. The summed E-state index contributed by atoms with van der Waals surface area (Å²) in [6.07, 6.45) is 3.84. The highest BCUT2D eigenvalue weighted by Crippen LogP contribution is 2.38. The van der Waals surface area contributed by atoms with Crippen LogP contribution in [0.25, 0.3) is 0 Å². The quantitative estimate of drug-likeness (QED) is 0.875. The Morgan fingerprint density at radius 3 is 2.35 bits per heavy atom. The maximum absolute atomic E-state index is 10.7. The Kier molecular flexibility index (Phi) is 3.60. The van der Waals surface area contributed by atoms with E-state index in [2.05, 4.69) is 25.8 Å². The second kappa shape index (κ2) is 4.69. The first-order valence-electron chi connectivity index (χ1n) is 6.53. The lowest BCUT2D eigenvalue weighted by molar-refractivity contribution is -0.0305. The fourth-order valence-electron chi connectivity index (χ4n) is 3.27. The van der Waals surface area contributed by atoms with E-state index >= 15 is 0 Å². The van der Waals surface area contributed by atoms with Gasteiger partial charge in [0.15, 0.2) is 0 Å². The Hall–Kier alpha value is -0.410. The monoisotopic (exact) mass is 253 g/mol. The van der Waals surface area contributed by atoms with E-state index in [-0.39, 0.29) is 0 Å². The molecule has 17 heavy (non-hydrogen) atoms. The van der Waals surface area contributed by atoms with Gasteiger partial charge in [-0.05, 0) is 44.9 Å². The second-order valence-electron chi connectivity index (χ2n) is 6.00. The molecule has 2 unspecified atom stereocenters. The first kappa shape index (κ1) is 13.0. The van der Waals surface area contributed by atoms with Crippen LogP contribution < -0.4 is 0 Å². The van der Waals surface area contributed by atoms with Gasteiger partial charge in [0.25, 0.3) is 0 Å². The maximum atomic E-state index is 10.7. The summed E-state index contributed by atoms with van der Waals surface area (Å²) < 4.78 is 0. The number of rotatable bonds is 2. The van der Waals surface area contributed by atoms with Crippen molar-refractivity contribution in [3.05, 3.63) is 15.6 Å². The lowest BCUT2D eigenvalue weighted by Gasteiger charge is -2.38. The van der Waals surface area contributed by atoms with E-state index in [9.17, 15) is 5.11 Å². The molecule has 1 aliphatic carbocycles. The molecule has 1 N–H and O–H groups in total. The molecule has 1 heterocycles. The molecule has 0 bridgehead atoms. The van der Waals surface area contributed by atoms with Crippen LogP contribution in [0.4, 0.5) is 0 Å². The lowest BCUT2D eigenvalue weighted by Crippen LogP contribution is -2.39. The van der Waals surface area contributed by atoms with Gasteiger partial charge in [-0.1, -0.05) is 13.8 Å². The molecule has 0 saturated heterocycles. The minimum Gasteiger partial charge on any atom is -0.389 e. The first-order valence-corrected chi connectivity index (χ1v) is 7.35. The van der Waals surface area contributed by atoms with Gasteiger partial charge >= 0.3 is 0 Å². The van der Waals surface area contributed by atoms with Gasteiger partial charge in [-0.25, -0.2) is 4.98 Å². The summed E-state index contributed by atoms with van der Waals surface area (Å²) >= 11 is 1.74. The largest absolute Gasteiger partial charge is 0.389 e. The number of aliphatic hydroxyl groups is 1. The number of aryl methyl sites for hydroxylation is 2. The van der Waals surface area contributed by atoms with Crippen molar-refractivity contribution in [1.29, 1.82) is 0 Å². The van der Waals surface area contributed by atoms with Gasteiger partial charge in [0.1, 0.15) is 0 Å². The number of hydrogen-bond donors (Lipinski definition) is 1. The zero-order valence-corrected chi connectivity index (χ0v) is 12.1. The summed E-state index contributed by atoms with van der Waals surface area (Å²) in [4.78, 5) is 5.84. The van der Waals surface area contributed by atoms with Gasteiger partial charge in [-0.2, -0.15) is 0 Å². The number of hydrogen-bond acceptors (Lipinski definition) is 3. The van der Waals surface area contributed by atoms with Gasteiger partial charge in [0, 0.05) is 11.3 Å². The molecule has 2 nitrogen and oxygen atoms in total. The van der Waals surface area contributed by atoms with Gasteiger partial charge in [-0.15, -0.1) is 11.3 Å². The summed E-state index contributed by atoms with van der Waals surface area (Å²) in [6, 6.07) is 0. The average Bonchev–Trinajstić information content (AvgIpc) is 2.41. The van der Waals surface area contributed by atoms with Crippen molar-refractivity contribution in [3.8, 4) is 0 Å². The highest BCUT2D eigenvalue weighted by Gasteiger charge is 2.36. The topological polar surface area (TPSA) is 33.1 Å². The van der Waals surface area contributed by atoms with Crippen LogP contribution in [0.2, 0.25) is 0 Å². The third-order valence-electron chi connectivity index (χ3n) is 3.81. The van der Waals surface area contributed by atoms with E-state index in [0.717, 1.165) is 30.0 Å². The third-order valence-corrected chi connectivity index (χ3v) is 4.89. The molecular formula is C14H23NOS. The predicted octanol–water partition coefficient (Wildman–Crippen LogP) is 3.49. The van der Waals surface area contributed by atoms with Gasteiger partial charge in [0.2, 0.25) is 0 Å². The van der Waals surface area contributed by atoms with Crippen LogP contribution in [-0.4, -0.2) is 15.7 Å². The van der Waals surface area contributed by atoms with Crippen molar-refractivity contribution in [3.63, 3.8) is 0 Å². The van der Waals surface area contributed by atoms with Gasteiger partial charge in [0.05, 0.1) is 16.3 Å². The molecule has 1 aromatic heterocycles. The molecule has 3 heteroatoms. The van der Waals surface area contributed by atoms with Crippen molar-refractivity contribution in [2.45, 2.75) is 59.0 Å². The highest BCUT2D eigenvalue weighted by atomic mass is 32.1. The van der Waals surface area contributed by atoms with Crippen LogP contribution in [0.1, 0.15) is 48.7 Å². The number of aromatic nitrogens is 1. The molecule has 1 saturated carbocycles. The number of nitrogens with zero attached hydrogens (tertiary/aromatic N) is 1. The smallest absolute Gasteiger partial charge is 0.0959 e. The van der Waals surface area contributed by atoms with Crippen LogP contribution in [0, 0.1) is 25.7 Å². The van der Waals surface area contributed by atoms with E-state index in [1.54, 1.807) is 11.3 Å². The zero-order chi connectivity index (χ0) is 12.6. The lowest BCUT2D eigenvalue weighted by atomic mass is 9.72. The Bertz CT molecular complexity index is 369. The Morgan fingerprint density at radius 2 is 1.88 bits per heavy atom. The van der Waals surface area contributed by atoms with Crippen molar-refractivity contribution < 1.29 is 5.11 Å². The Morgan fingerprint density at radius 1 is 1.29 bits per heavy atom. The molecule has 96 valence electrons. The van der Waals surface area contributed by atoms with E-state index in [1.807, 2.05) is 6.92 Å². The Labute approximate surface area is 108 Å². The normalized spacial score (nSPS) is 33.9. The molecule has 0 amide bonds. The van der Waals surface area contributed by atoms with Crippen LogP contribution in [0.3, 0.4) is 0 Å². The van der Waals surface area contributed by atoms with Crippen LogP contribution in [0.15, 0.2) is 0 Å². The molecule has 0 spiro atoms. The van der Waals surface area contributed by atoms with Crippen molar-refractivity contribution in [2.24, 2.45) is 11.8 Å². The first-order chi connectivity index (χ1) is 7.88. The predicted molar refractivity (Wildman–Crippen MR) is 72.4 cm³/mol. The average molecular weight is 253 g/mol. The fraction of sp³-hybridized carbons (Fsp3) is 0.786. The summed E-state index contributed by atoms with van der Waals surface area (Å²) in [5.41, 5.74) is 0.596. The van der Waals surface area contributed by atoms with Crippen LogP contribution in [0.5, 0.6) is 0 Å². The molecule has 0 aromatic carbocycles. The zero-order valence-electron chi connectivity index (χ0n) is 11.3. The highest BCUT2D eigenvalue weighted by molar-refractivity contribution is 7.11. The second-order valence-corrected chi connectivity index (χ2v) is 7.29. The summed E-state index contributed by atoms with van der Waals surface area (Å²) in [7, 11) is 0. The minimum atomic E-state index is -0.520. The molecule has 1 fully saturated rings. The van der Waals surface area contributed by atoms with E-state index in [0.29, 0.717) is 11.8 Å². The van der Waals surface area contributed by atoms with Crippen molar-refractivity contribution >= 4 is 11.3 Å². The molecule has 0 radical (unpaired) electrons. The standard InChI is InChI=1S/C14H23NOS/c1-9-5-10(2)7-14(16,6-9)8-13-15-11(3)12(4)17-13/h9-10,16H,5-8H2,1-4H3. The van der Waals surface area contributed by atoms with Crippen LogP contribution in [-0.2, 0) is 6.42 Å². The third kappa shape index (κ3) is 3.08. The van der Waals surface area contributed by atoms with E-state index in [4.69, 9.17) is 0 Å². The fourth-order valence-corrected chi connectivity index (χ4v) is 4.34. The van der Waals surface area contributed by atoms with Crippen LogP contribution >= 0.6 is 11.3 Å². The summed E-state index contributed by atoms with van der Waals surface area (Å²) in [6.45, 7) is 8.65. The van der Waals surface area contributed by atoms with Gasteiger partial charge in [-0.3, -0.25) is 0 Å². The molecular weight excluding hydrogens is 230 g/mol. The van der Waals surface area contributed by atoms with Crippen molar-refractivity contribution in [1.82, 2.24) is 4.98 Å². The van der Waals surface area contributed by atoms with E-state index in [1.165, 1.54) is 11.3 Å². The van der Waals surface area contributed by atoms with Crippen molar-refractivity contribution in [2.75, 3.05) is 0 Å². The molecule has 2 rings (SSSR count).